The summed E-state index contributed by atoms with van der Waals surface area (Å²) >= 11 is 1.76. The Bertz CT molecular complexity index is 454. The molecule has 5 nitrogen and oxygen atoms in total. The summed E-state index contributed by atoms with van der Waals surface area (Å²) in [6, 6.07) is 5.74. The fourth-order valence-electron chi connectivity index (χ4n) is 2.23. The Morgan fingerprint density at radius 2 is 2.15 bits per heavy atom. The Labute approximate surface area is 124 Å². The molecule has 0 heterocycles. The first-order valence-electron chi connectivity index (χ1n) is 6.79. The lowest BCUT2D eigenvalue weighted by Crippen LogP contribution is -2.33. The lowest BCUT2D eigenvalue weighted by molar-refractivity contribution is -0.383. The molecule has 1 unspecified atom stereocenters. The molecular formula is C14H23N3O2S. The average molecular weight is 297 g/mol. The molecule has 1 N–H and O–H groups in total. The van der Waals surface area contributed by atoms with Gasteiger partial charge in [0.25, 0.3) is 0 Å². The Balaban J connectivity index is 3.21. The Hall–Kier alpha value is -1.43. The van der Waals surface area contributed by atoms with Crippen molar-refractivity contribution >= 4 is 28.8 Å². The monoisotopic (exact) mass is 297 g/mol. The molecule has 0 radical (unpaired) electrons. The van der Waals surface area contributed by atoms with Gasteiger partial charge < -0.3 is 10.2 Å². The van der Waals surface area contributed by atoms with E-state index in [9.17, 15) is 10.1 Å². The van der Waals surface area contributed by atoms with E-state index in [2.05, 4.69) is 18.5 Å². The number of para-hydroxylation sites is 1. The van der Waals surface area contributed by atoms with Crippen LogP contribution in [0.1, 0.15) is 20.3 Å². The van der Waals surface area contributed by atoms with Crippen molar-refractivity contribution in [3.05, 3.63) is 28.3 Å². The molecule has 1 atom stereocenters. The fraction of sp³-hybridized carbons (Fsp3) is 0.571. The second kappa shape index (κ2) is 7.99. The number of nitrogens with one attached hydrogen (secondary N) is 1. The van der Waals surface area contributed by atoms with Crippen LogP contribution in [0.4, 0.5) is 17.1 Å². The number of benzene rings is 1. The normalized spacial score (nSPS) is 12.0. The first kappa shape index (κ1) is 16.6. The molecule has 0 aliphatic heterocycles. The summed E-state index contributed by atoms with van der Waals surface area (Å²) in [5.74, 6) is 0.954. The number of hydrogen-bond acceptors (Lipinski definition) is 5. The van der Waals surface area contributed by atoms with Crippen LogP contribution in [0, 0.1) is 10.1 Å². The smallest absolute Gasteiger partial charge is 0.315 e. The van der Waals surface area contributed by atoms with E-state index in [-0.39, 0.29) is 10.6 Å². The molecule has 0 saturated carbocycles. The van der Waals surface area contributed by atoms with Crippen LogP contribution >= 0.6 is 11.8 Å². The Morgan fingerprint density at radius 1 is 1.45 bits per heavy atom. The second-order valence-corrected chi connectivity index (χ2v) is 5.50. The number of nitro groups is 1. The van der Waals surface area contributed by atoms with Crippen molar-refractivity contribution in [3.63, 3.8) is 0 Å². The van der Waals surface area contributed by atoms with Gasteiger partial charge in [-0.1, -0.05) is 13.0 Å². The van der Waals surface area contributed by atoms with Crippen molar-refractivity contribution < 1.29 is 4.92 Å². The van der Waals surface area contributed by atoms with Crippen LogP contribution in [0.5, 0.6) is 0 Å². The lowest BCUT2D eigenvalue weighted by Gasteiger charge is -2.28. The topological polar surface area (TPSA) is 58.4 Å². The third-order valence-electron chi connectivity index (χ3n) is 3.32. The van der Waals surface area contributed by atoms with Crippen LogP contribution in [0.15, 0.2) is 18.2 Å². The largest absolute Gasteiger partial charge is 0.380 e. The van der Waals surface area contributed by atoms with E-state index in [0.717, 1.165) is 12.2 Å². The highest BCUT2D eigenvalue weighted by atomic mass is 32.2. The third kappa shape index (κ3) is 3.79. The van der Waals surface area contributed by atoms with Crippen LogP contribution in [0.3, 0.4) is 0 Å². The van der Waals surface area contributed by atoms with E-state index in [1.807, 2.05) is 31.0 Å². The van der Waals surface area contributed by atoms with Gasteiger partial charge >= 0.3 is 5.69 Å². The van der Waals surface area contributed by atoms with E-state index in [4.69, 9.17) is 0 Å². The zero-order chi connectivity index (χ0) is 15.1. The lowest BCUT2D eigenvalue weighted by atomic mass is 10.1. The van der Waals surface area contributed by atoms with Crippen molar-refractivity contribution in [1.82, 2.24) is 0 Å². The molecule has 0 aromatic heterocycles. The van der Waals surface area contributed by atoms with Crippen LogP contribution in [0.25, 0.3) is 0 Å². The molecular weight excluding hydrogens is 274 g/mol. The van der Waals surface area contributed by atoms with Crippen LogP contribution < -0.4 is 10.2 Å². The van der Waals surface area contributed by atoms with Crippen LogP contribution in [-0.2, 0) is 0 Å². The van der Waals surface area contributed by atoms with Crippen molar-refractivity contribution in [1.29, 1.82) is 0 Å². The summed E-state index contributed by atoms with van der Waals surface area (Å²) in [6.07, 6.45) is 3.01. The highest BCUT2D eigenvalue weighted by Crippen LogP contribution is 2.36. The number of anilines is 2. The van der Waals surface area contributed by atoms with Gasteiger partial charge in [0.15, 0.2) is 0 Å². The van der Waals surface area contributed by atoms with E-state index in [1.54, 1.807) is 17.8 Å². The summed E-state index contributed by atoms with van der Waals surface area (Å²) in [4.78, 5) is 13.2. The summed E-state index contributed by atoms with van der Waals surface area (Å²) in [5, 5.41) is 14.5. The summed E-state index contributed by atoms with van der Waals surface area (Å²) in [6.45, 7) is 4.70. The van der Waals surface area contributed by atoms with Gasteiger partial charge in [-0.2, -0.15) is 11.8 Å². The van der Waals surface area contributed by atoms with E-state index < -0.39 is 0 Å². The summed E-state index contributed by atoms with van der Waals surface area (Å²) in [7, 11) is 1.93. The number of nitro benzene ring substituents is 1. The predicted octanol–water partition coefficient (Wildman–Crippen LogP) is 3.60. The summed E-state index contributed by atoms with van der Waals surface area (Å²) in [5.41, 5.74) is 1.42. The van der Waals surface area contributed by atoms with Crippen molar-refractivity contribution in [2.24, 2.45) is 0 Å². The number of thioether (sulfide) groups is 1. The molecule has 112 valence electrons. The second-order valence-electron chi connectivity index (χ2n) is 4.59. The van der Waals surface area contributed by atoms with Gasteiger partial charge in [-0.15, -0.1) is 0 Å². The first-order valence-corrected chi connectivity index (χ1v) is 8.19. The van der Waals surface area contributed by atoms with Crippen LogP contribution in [-0.4, -0.2) is 36.6 Å². The minimum absolute atomic E-state index is 0.163. The SMILES string of the molecule is CCNc1cccc(N(C)C(CC)CSC)c1[N+](=O)[O-]. The first-order chi connectivity index (χ1) is 9.56. The number of nitrogens with zero attached hydrogens (tertiary/aromatic N) is 2. The van der Waals surface area contributed by atoms with Gasteiger partial charge in [-0.05, 0) is 31.7 Å². The summed E-state index contributed by atoms with van der Waals surface area (Å²) < 4.78 is 0. The molecule has 0 bridgehead atoms. The van der Waals surface area contributed by atoms with E-state index in [0.29, 0.717) is 24.0 Å². The van der Waals surface area contributed by atoms with E-state index in [1.165, 1.54) is 0 Å². The Morgan fingerprint density at radius 3 is 2.65 bits per heavy atom. The molecule has 6 heteroatoms. The highest BCUT2D eigenvalue weighted by molar-refractivity contribution is 7.98. The Kier molecular flexibility index (Phi) is 6.64. The molecule has 0 saturated heterocycles. The number of rotatable bonds is 8. The molecule has 0 spiro atoms. The zero-order valence-corrected chi connectivity index (χ0v) is 13.4. The molecule has 0 aliphatic rings. The molecule has 0 amide bonds. The molecule has 0 fully saturated rings. The standard InChI is InChI=1S/C14H23N3O2S/c1-5-11(10-20-4)16(3)13-9-7-8-12(15-6-2)14(13)17(18)19/h7-9,11,15H,5-6,10H2,1-4H3. The quantitative estimate of drug-likeness (QED) is 0.587. The molecule has 0 aliphatic carbocycles. The van der Waals surface area contributed by atoms with Gasteiger partial charge in [0, 0.05) is 25.4 Å². The molecule has 1 rings (SSSR count). The average Bonchev–Trinajstić information content (AvgIpc) is 2.43. The third-order valence-corrected chi connectivity index (χ3v) is 4.04. The van der Waals surface area contributed by atoms with Gasteiger partial charge in [0.1, 0.15) is 11.4 Å². The van der Waals surface area contributed by atoms with Gasteiger partial charge in [-0.25, -0.2) is 0 Å². The fourth-order valence-corrected chi connectivity index (χ4v) is 3.08. The van der Waals surface area contributed by atoms with Gasteiger partial charge in [0.05, 0.1) is 4.92 Å². The zero-order valence-electron chi connectivity index (χ0n) is 12.5. The maximum atomic E-state index is 11.4. The predicted molar refractivity (Wildman–Crippen MR) is 88.1 cm³/mol. The maximum Gasteiger partial charge on any atom is 0.315 e. The maximum absolute atomic E-state index is 11.4. The minimum atomic E-state index is -0.296. The van der Waals surface area contributed by atoms with Crippen molar-refractivity contribution in [2.75, 3.05) is 35.8 Å². The van der Waals surface area contributed by atoms with Gasteiger partial charge in [0.2, 0.25) is 0 Å². The molecule has 20 heavy (non-hydrogen) atoms. The van der Waals surface area contributed by atoms with Gasteiger partial charge in [-0.3, -0.25) is 10.1 Å². The minimum Gasteiger partial charge on any atom is -0.380 e. The molecule has 1 aromatic carbocycles. The van der Waals surface area contributed by atoms with Crippen molar-refractivity contribution in [2.45, 2.75) is 26.3 Å². The van der Waals surface area contributed by atoms with E-state index >= 15 is 0 Å². The van der Waals surface area contributed by atoms with Crippen LogP contribution in [0.2, 0.25) is 0 Å². The molecule has 1 aromatic rings. The highest BCUT2D eigenvalue weighted by Gasteiger charge is 2.25. The van der Waals surface area contributed by atoms with Crippen molar-refractivity contribution in [3.8, 4) is 0 Å². The number of hydrogen-bond donors (Lipinski definition) is 1.